The van der Waals surface area contributed by atoms with Crippen molar-refractivity contribution in [1.29, 1.82) is 0 Å². The molecule has 0 aromatic heterocycles. The van der Waals surface area contributed by atoms with Gasteiger partial charge in [0, 0.05) is 5.54 Å². The topological polar surface area (TPSA) is 20.2 Å². The fourth-order valence-electron chi connectivity index (χ4n) is 10.1. The highest BCUT2D eigenvalue weighted by atomic mass is 35.5. The maximum Gasteiger partial charge on any atom is 0.0574 e. The van der Waals surface area contributed by atoms with Crippen LogP contribution in [-0.2, 0) is 0 Å². The summed E-state index contributed by atoms with van der Waals surface area (Å²) in [6.45, 7) is 12.7. The van der Waals surface area contributed by atoms with E-state index in [1.807, 2.05) is 0 Å². The number of hydrogen-bond acceptors (Lipinski definition) is 1. The highest BCUT2D eigenvalue weighted by Gasteiger charge is 2.61. The van der Waals surface area contributed by atoms with Crippen LogP contribution in [0.2, 0.25) is 0 Å². The third kappa shape index (κ3) is 4.36. The number of rotatable bonds is 7. The quantitative estimate of drug-likeness (QED) is 0.400. The van der Waals surface area contributed by atoms with Crippen LogP contribution < -0.4 is 0 Å². The molecule has 0 amide bonds. The van der Waals surface area contributed by atoms with Gasteiger partial charge in [-0.2, -0.15) is 0 Å². The Morgan fingerprint density at radius 3 is 2.28 bits per heavy atom. The van der Waals surface area contributed by atoms with Crippen molar-refractivity contribution in [3.8, 4) is 0 Å². The van der Waals surface area contributed by atoms with Crippen molar-refractivity contribution in [1.82, 2.24) is 0 Å². The number of allylic oxidation sites excluding steroid dienone is 1. The number of fused-ring (bicyclic) bond motifs is 5. The summed E-state index contributed by atoms with van der Waals surface area (Å²) < 4.78 is 0. The van der Waals surface area contributed by atoms with Gasteiger partial charge in [0.25, 0.3) is 0 Å². The lowest BCUT2D eigenvalue weighted by Gasteiger charge is -2.62. The summed E-state index contributed by atoms with van der Waals surface area (Å²) in [5, 5.41) is 10.9. The van der Waals surface area contributed by atoms with Gasteiger partial charge in [-0.05, 0) is 116 Å². The van der Waals surface area contributed by atoms with Gasteiger partial charge in [-0.15, -0.1) is 0 Å². The van der Waals surface area contributed by atoms with Crippen molar-refractivity contribution in [3.63, 3.8) is 0 Å². The van der Waals surface area contributed by atoms with Crippen molar-refractivity contribution >= 4 is 11.6 Å². The fraction of sp³-hybridized carbons (Fsp3) is 0.933. The first-order valence-electron chi connectivity index (χ1n) is 14.2. The number of aliphatic hydroxyl groups excluding tert-OH is 1. The molecule has 0 aliphatic heterocycles. The van der Waals surface area contributed by atoms with Crippen molar-refractivity contribution in [2.45, 2.75) is 118 Å². The van der Waals surface area contributed by atoms with Gasteiger partial charge in [-0.3, -0.25) is 0 Å². The second-order valence-electron chi connectivity index (χ2n) is 13.5. The predicted molar refractivity (Wildman–Crippen MR) is 138 cm³/mol. The van der Waals surface area contributed by atoms with E-state index in [2.05, 4.69) is 40.7 Å². The average Bonchev–Trinajstić information content (AvgIpc) is 3.10. The Kier molecular flexibility index (Phi) is 7.78. The molecule has 4 fully saturated rings. The second kappa shape index (κ2) is 9.93. The number of aliphatic hydroxyl groups is 1. The molecule has 4 rings (SSSR count). The van der Waals surface area contributed by atoms with Crippen LogP contribution in [0.1, 0.15) is 112 Å². The molecule has 1 N–H and O–H groups in total. The zero-order chi connectivity index (χ0) is 23.1. The Morgan fingerprint density at radius 2 is 1.56 bits per heavy atom. The highest BCUT2D eigenvalue weighted by Crippen LogP contribution is 2.69. The molecule has 0 radical (unpaired) electrons. The molecule has 4 aliphatic carbocycles. The maximum absolute atomic E-state index is 10.9. The molecule has 4 aliphatic rings. The van der Waals surface area contributed by atoms with Gasteiger partial charge in [-0.25, -0.2) is 0 Å². The molecule has 32 heavy (non-hydrogen) atoms. The Hall–Kier alpha value is -0.0100. The molecule has 1 nitrogen and oxygen atoms in total. The highest BCUT2D eigenvalue weighted by molar-refractivity contribution is 6.25. The first-order valence-corrected chi connectivity index (χ1v) is 14.6. The first kappa shape index (κ1) is 25.1. The lowest BCUT2D eigenvalue weighted by molar-refractivity contribution is -0.152. The van der Waals surface area contributed by atoms with Crippen molar-refractivity contribution in [3.05, 3.63) is 11.6 Å². The monoisotopic (exact) mass is 462 g/mol. The van der Waals surface area contributed by atoms with E-state index >= 15 is 0 Å². The predicted octanol–water partition coefficient (Wildman–Crippen LogP) is 8.84. The zero-order valence-corrected chi connectivity index (χ0v) is 22.4. The molecule has 1 unspecified atom stereocenters. The van der Waals surface area contributed by atoms with Crippen LogP contribution in [0.15, 0.2) is 11.6 Å². The molecule has 0 heterocycles. The zero-order valence-electron chi connectivity index (χ0n) is 21.7. The molecule has 0 bridgehead atoms. The largest absolute Gasteiger partial charge is 0.393 e. The summed E-state index contributed by atoms with van der Waals surface area (Å²) in [5.41, 5.74) is 2.67. The molecule has 10 atom stereocenters. The van der Waals surface area contributed by atoms with Gasteiger partial charge in [0.1, 0.15) is 0 Å². The molecule has 4 saturated carbocycles. The number of halogens is 1. The normalized spacial score (nSPS) is 47.3. The molecule has 0 spiro atoms. The van der Waals surface area contributed by atoms with Gasteiger partial charge in [0.15, 0.2) is 0 Å². The van der Waals surface area contributed by atoms with Gasteiger partial charge >= 0.3 is 0 Å². The molecule has 0 aromatic carbocycles. The Balaban J connectivity index is 1.48. The summed E-state index contributed by atoms with van der Waals surface area (Å²) in [6.07, 6.45) is 18.0. The Morgan fingerprint density at radius 1 is 0.875 bits per heavy atom. The second-order valence-corrected chi connectivity index (χ2v) is 13.7. The molecular formula is C30H51ClO. The van der Waals surface area contributed by atoms with Crippen LogP contribution in [0.3, 0.4) is 0 Å². The molecule has 2 heteroatoms. The van der Waals surface area contributed by atoms with Crippen LogP contribution in [0, 0.1) is 58.2 Å². The van der Waals surface area contributed by atoms with E-state index in [0.717, 1.165) is 48.3 Å². The van der Waals surface area contributed by atoms with E-state index in [-0.39, 0.29) is 6.10 Å². The fourth-order valence-corrected chi connectivity index (χ4v) is 10.2. The minimum atomic E-state index is -0.131. The summed E-state index contributed by atoms with van der Waals surface area (Å²) in [4.78, 5) is 0. The maximum atomic E-state index is 10.9. The van der Waals surface area contributed by atoms with Crippen LogP contribution in [0.25, 0.3) is 0 Å². The van der Waals surface area contributed by atoms with E-state index in [1.165, 1.54) is 64.2 Å². The van der Waals surface area contributed by atoms with E-state index in [4.69, 9.17) is 11.6 Å². The minimum absolute atomic E-state index is 0.131. The first-order chi connectivity index (χ1) is 15.2. The van der Waals surface area contributed by atoms with E-state index < -0.39 is 0 Å². The van der Waals surface area contributed by atoms with Crippen molar-refractivity contribution in [2.24, 2.45) is 58.2 Å². The van der Waals surface area contributed by atoms with Crippen molar-refractivity contribution < 1.29 is 5.11 Å². The average molecular weight is 463 g/mol. The van der Waals surface area contributed by atoms with Crippen LogP contribution in [0.4, 0.5) is 0 Å². The SMILES string of the molecule is CC(C)CCC[C@@H](C)[C@H]1CC[C@H]2[C@@H]3CCC4[C@H](C/C=C/Cl)[C@H](O)CC[C@]4(C)[C@H]3CC[C@]12C. The summed E-state index contributed by atoms with van der Waals surface area (Å²) >= 11 is 5.89. The Bertz CT molecular complexity index is 657. The molecule has 0 aromatic rings. The van der Waals surface area contributed by atoms with Crippen molar-refractivity contribution in [2.75, 3.05) is 0 Å². The molecule has 184 valence electrons. The van der Waals surface area contributed by atoms with Crippen LogP contribution in [-0.4, -0.2) is 11.2 Å². The standard InChI is InChI=1S/C30H51ClO/c1-20(2)8-6-9-21(3)24-13-14-25-22-11-12-26-23(10-7-19-31)28(32)16-18-30(26,5)27(22)15-17-29(24,25)4/h7,19-28,32H,6,8-18H2,1-5H3/b19-7+/t21-,22+,23+,24-,25+,26?,27+,28-,29-,30+/m1/s1. The summed E-state index contributed by atoms with van der Waals surface area (Å²) in [7, 11) is 0. The van der Waals surface area contributed by atoms with Gasteiger partial charge in [0.05, 0.1) is 6.10 Å². The molecular weight excluding hydrogens is 412 g/mol. The van der Waals surface area contributed by atoms with Gasteiger partial charge in [0.2, 0.25) is 0 Å². The van der Waals surface area contributed by atoms with E-state index in [0.29, 0.717) is 22.7 Å². The van der Waals surface area contributed by atoms with Crippen LogP contribution in [0.5, 0.6) is 0 Å². The van der Waals surface area contributed by atoms with Gasteiger partial charge < -0.3 is 5.11 Å². The lowest BCUT2D eigenvalue weighted by Crippen LogP contribution is -2.56. The minimum Gasteiger partial charge on any atom is -0.393 e. The third-order valence-electron chi connectivity index (χ3n) is 11.6. The third-order valence-corrected chi connectivity index (χ3v) is 11.8. The van der Waals surface area contributed by atoms with Gasteiger partial charge in [-0.1, -0.05) is 71.6 Å². The van der Waals surface area contributed by atoms with Crippen LogP contribution >= 0.6 is 11.6 Å². The Labute approximate surface area is 204 Å². The van der Waals surface area contributed by atoms with E-state index in [9.17, 15) is 5.11 Å². The summed E-state index contributed by atoms with van der Waals surface area (Å²) in [5.74, 6) is 6.53. The lowest BCUT2D eigenvalue weighted by atomic mass is 9.43. The smallest absolute Gasteiger partial charge is 0.0574 e. The van der Waals surface area contributed by atoms with E-state index in [1.54, 1.807) is 5.54 Å². The number of hydrogen-bond donors (Lipinski definition) is 1. The molecule has 0 saturated heterocycles. The summed E-state index contributed by atoms with van der Waals surface area (Å²) in [6, 6.07) is 0.